The van der Waals surface area contributed by atoms with Gasteiger partial charge in [0.25, 0.3) is 5.56 Å². The quantitative estimate of drug-likeness (QED) is 0.498. The van der Waals surface area contributed by atoms with Gasteiger partial charge in [0.2, 0.25) is 5.91 Å². The van der Waals surface area contributed by atoms with E-state index in [4.69, 9.17) is 0 Å². The normalized spacial score (nSPS) is 14.2. The molecule has 0 saturated carbocycles. The van der Waals surface area contributed by atoms with Crippen LogP contribution in [-0.2, 0) is 11.3 Å². The van der Waals surface area contributed by atoms with Crippen LogP contribution in [0.2, 0.25) is 0 Å². The Hall–Kier alpha value is -3.94. The second-order valence-electron chi connectivity index (χ2n) is 7.90. The molecule has 0 bridgehead atoms. The number of para-hydroxylation sites is 1. The van der Waals surface area contributed by atoms with Crippen LogP contribution in [0.25, 0.3) is 16.6 Å². The molecule has 1 aliphatic heterocycles. The molecule has 0 N–H and O–H groups in total. The molecule has 0 radical (unpaired) electrons. The number of aromatic nitrogens is 4. The van der Waals surface area contributed by atoms with Crippen molar-refractivity contribution in [2.75, 3.05) is 31.1 Å². The van der Waals surface area contributed by atoms with Gasteiger partial charge in [-0.15, -0.1) is 0 Å². The molecular weight excluding hydrogens is 404 g/mol. The highest BCUT2D eigenvalue weighted by Gasteiger charge is 2.23. The predicted octanol–water partition coefficient (Wildman–Crippen LogP) is 2.24. The van der Waals surface area contributed by atoms with Crippen molar-refractivity contribution in [3.8, 4) is 5.69 Å². The van der Waals surface area contributed by atoms with E-state index in [1.165, 1.54) is 4.57 Å². The van der Waals surface area contributed by atoms with E-state index in [2.05, 4.69) is 15.0 Å². The molecule has 1 fully saturated rings. The highest BCUT2D eigenvalue weighted by Crippen LogP contribution is 2.19. The average molecular weight is 428 g/mol. The van der Waals surface area contributed by atoms with Crippen LogP contribution in [0.1, 0.15) is 5.69 Å². The van der Waals surface area contributed by atoms with Crippen molar-refractivity contribution >= 4 is 22.6 Å². The van der Waals surface area contributed by atoms with Gasteiger partial charge in [-0.2, -0.15) is 5.10 Å². The molecule has 1 saturated heterocycles. The molecule has 4 heterocycles. The summed E-state index contributed by atoms with van der Waals surface area (Å²) in [6.45, 7) is 4.51. The second-order valence-corrected chi connectivity index (χ2v) is 7.90. The van der Waals surface area contributed by atoms with Gasteiger partial charge in [-0.05, 0) is 37.3 Å². The zero-order chi connectivity index (χ0) is 22.1. The number of nitrogens with zero attached hydrogens (tertiary/aromatic N) is 6. The molecule has 3 aromatic heterocycles. The SMILES string of the molecule is Cc1nn(-c2ccccc2)c2ccn(CC(=O)N3CCN(c4ccccn4)CC3)c(=O)c12. The molecule has 162 valence electrons. The van der Waals surface area contributed by atoms with E-state index >= 15 is 0 Å². The molecule has 1 aliphatic rings. The van der Waals surface area contributed by atoms with Gasteiger partial charge in [0.1, 0.15) is 12.4 Å². The van der Waals surface area contributed by atoms with Crippen LogP contribution in [0.3, 0.4) is 0 Å². The molecule has 1 amide bonds. The third-order valence-corrected chi connectivity index (χ3v) is 5.90. The zero-order valence-corrected chi connectivity index (χ0v) is 17.9. The van der Waals surface area contributed by atoms with Crippen molar-refractivity contribution in [3.05, 3.63) is 83.0 Å². The molecule has 8 heteroatoms. The van der Waals surface area contributed by atoms with E-state index in [9.17, 15) is 9.59 Å². The minimum Gasteiger partial charge on any atom is -0.353 e. The van der Waals surface area contributed by atoms with Crippen LogP contribution < -0.4 is 10.5 Å². The van der Waals surface area contributed by atoms with Crippen molar-refractivity contribution in [1.29, 1.82) is 0 Å². The van der Waals surface area contributed by atoms with Gasteiger partial charge in [-0.1, -0.05) is 24.3 Å². The molecule has 0 aliphatic carbocycles. The number of anilines is 1. The lowest BCUT2D eigenvalue weighted by Gasteiger charge is -2.35. The number of benzene rings is 1. The Kier molecular flexibility index (Phi) is 5.18. The fourth-order valence-corrected chi connectivity index (χ4v) is 4.20. The van der Waals surface area contributed by atoms with Crippen molar-refractivity contribution in [1.82, 2.24) is 24.2 Å². The summed E-state index contributed by atoms with van der Waals surface area (Å²) in [5.74, 6) is 0.868. The molecule has 4 aromatic rings. The largest absolute Gasteiger partial charge is 0.353 e. The number of rotatable bonds is 4. The monoisotopic (exact) mass is 428 g/mol. The zero-order valence-electron chi connectivity index (χ0n) is 17.9. The van der Waals surface area contributed by atoms with Gasteiger partial charge >= 0.3 is 0 Å². The lowest BCUT2D eigenvalue weighted by molar-refractivity contribution is -0.132. The van der Waals surface area contributed by atoms with Crippen molar-refractivity contribution in [3.63, 3.8) is 0 Å². The first-order chi connectivity index (χ1) is 15.6. The minimum atomic E-state index is -0.192. The smallest absolute Gasteiger partial charge is 0.262 e. The Labute approximate surface area is 185 Å². The number of hydrogen-bond donors (Lipinski definition) is 0. The molecule has 5 rings (SSSR count). The Balaban J connectivity index is 1.34. The fraction of sp³-hybridized carbons (Fsp3) is 0.250. The van der Waals surface area contributed by atoms with Gasteiger partial charge in [0, 0.05) is 38.6 Å². The third-order valence-electron chi connectivity index (χ3n) is 5.90. The Morgan fingerprint density at radius 1 is 0.969 bits per heavy atom. The number of piperazine rings is 1. The first-order valence-electron chi connectivity index (χ1n) is 10.7. The van der Waals surface area contributed by atoms with E-state index in [0.717, 1.165) is 30.1 Å². The van der Waals surface area contributed by atoms with Crippen molar-refractivity contribution in [2.45, 2.75) is 13.5 Å². The number of fused-ring (bicyclic) bond motifs is 1. The van der Waals surface area contributed by atoms with Crippen molar-refractivity contribution in [2.24, 2.45) is 0 Å². The fourth-order valence-electron chi connectivity index (χ4n) is 4.20. The maximum Gasteiger partial charge on any atom is 0.262 e. The maximum atomic E-state index is 13.2. The van der Waals surface area contributed by atoms with Gasteiger partial charge < -0.3 is 14.4 Å². The van der Waals surface area contributed by atoms with Crippen LogP contribution in [-0.4, -0.2) is 56.3 Å². The van der Waals surface area contributed by atoms with E-state index < -0.39 is 0 Å². The predicted molar refractivity (Wildman–Crippen MR) is 123 cm³/mol. The van der Waals surface area contributed by atoms with Gasteiger partial charge in [0.05, 0.1) is 22.3 Å². The molecule has 0 unspecified atom stereocenters. The number of carbonyl (C=O) groups is 1. The molecule has 0 atom stereocenters. The first kappa shape index (κ1) is 20.0. The third kappa shape index (κ3) is 3.64. The van der Waals surface area contributed by atoms with Gasteiger partial charge in [0.15, 0.2) is 0 Å². The van der Waals surface area contributed by atoms with Crippen LogP contribution in [0, 0.1) is 6.92 Å². The average Bonchev–Trinajstić information content (AvgIpc) is 3.19. The summed E-state index contributed by atoms with van der Waals surface area (Å²) in [6, 6.07) is 17.4. The standard InChI is InChI=1S/C24H24N6O2/c1-18-23-20(30(26-18)19-7-3-2-4-8-19)10-12-29(24(23)32)17-22(31)28-15-13-27(14-16-28)21-9-5-6-11-25-21/h2-12H,13-17H2,1H3. The van der Waals surface area contributed by atoms with Crippen LogP contribution in [0.15, 0.2) is 71.8 Å². The number of aryl methyl sites for hydroxylation is 1. The summed E-state index contributed by atoms with van der Waals surface area (Å²) in [5, 5.41) is 5.11. The number of pyridine rings is 2. The summed E-state index contributed by atoms with van der Waals surface area (Å²) >= 11 is 0. The highest BCUT2D eigenvalue weighted by molar-refractivity contribution is 5.83. The summed E-state index contributed by atoms with van der Waals surface area (Å²) in [4.78, 5) is 34.5. The number of carbonyl (C=O) groups excluding carboxylic acids is 1. The van der Waals surface area contributed by atoms with Gasteiger partial charge in [-0.3, -0.25) is 9.59 Å². The summed E-state index contributed by atoms with van der Waals surface area (Å²) in [6.07, 6.45) is 3.46. The van der Waals surface area contributed by atoms with Crippen molar-refractivity contribution < 1.29 is 4.79 Å². The maximum absolute atomic E-state index is 13.2. The van der Waals surface area contributed by atoms with E-state index in [1.807, 2.05) is 66.4 Å². The Morgan fingerprint density at radius 2 is 1.72 bits per heavy atom. The number of hydrogen-bond acceptors (Lipinski definition) is 5. The summed E-state index contributed by atoms with van der Waals surface area (Å²) in [7, 11) is 0. The molecule has 1 aromatic carbocycles. The topological polar surface area (TPSA) is 76.3 Å². The minimum absolute atomic E-state index is 0.0221. The molecule has 32 heavy (non-hydrogen) atoms. The summed E-state index contributed by atoms with van der Waals surface area (Å²) < 4.78 is 3.26. The van der Waals surface area contributed by atoms with Crippen LogP contribution >= 0.6 is 0 Å². The van der Waals surface area contributed by atoms with E-state index in [-0.39, 0.29) is 18.0 Å². The Bertz CT molecular complexity index is 1310. The first-order valence-corrected chi connectivity index (χ1v) is 10.7. The van der Waals surface area contributed by atoms with E-state index in [0.29, 0.717) is 24.2 Å². The molecule has 8 nitrogen and oxygen atoms in total. The highest BCUT2D eigenvalue weighted by atomic mass is 16.2. The lowest BCUT2D eigenvalue weighted by atomic mass is 10.2. The van der Waals surface area contributed by atoms with Crippen LogP contribution in [0.5, 0.6) is 0 Å². The van der Waals surface area contributed by atoms with Crippen LogP contribution in [0.4, 0.5) is 5.82 Å². The Morgan fingerprint density at radius 3 is 2.44 bits per heavy atom. The second kappa shape index (κ2) is 8.30. The van der Waals surface area contributed by atoms with Gasteiger partial charge in [-0.25, -0.2) is 9.67 Å². The van der Waals surface area contributed by atoms with E-state index in [1.54, 1.807) is 17.1 Å². The molecule has 0 spiro atoms. The summed E-state index contributed by atoms with van der Waals surface area (Å²) in [5.41, 5.74) is 2.10. The lowest BCUT2D eigenvalue weighted by Crippen LogP contribution is -2.50. The number of amides is 1. The molecular formula is C24H24N6O2.